The average molecular weight is 361 g/mol. The van der Waals surface area contributed by atoms with Crippen molar-refractivity contribution in [1.29, 1.82) is 0 Å². The van der Waals surface area contributed by atoms with Gasteiger partial charge in [0, 0.05) is 19.1 Å². The third-order valence-electron chi connectivity index (χ3n) is 5.42. The number of carbonyl (C=O) groups is 1. The first-order valence-electron chi connectivity index (χ1n) is 10.3. The Kier molecular flexibility index (Phi) is 8.43. The van der Waals surface area contributed by atoms with Crippen LogP contribution in [0.3, 0.4) is 0 Å². The molecule has 0 radical (unpaired) electrons. The van der Waals surface area contributed by atoms with E-state index in [-0.39, 0.29) is 5.91 Å². The van der Waals surface area contributed by atoms with E-state index < -0.39 is 6.10 Å². The van der Waals surface area contributed by atoms with Gasteiger partial charge in [0.25, 0.3) is 5.91 Å². The molecular formula is C22H36N2O2. The third-order valence-corrected chi connectivity index (χ3v) is 5.42. The van der Waals surface area contributed by atoms with Crippen LogP contribution in [0.1, 0.15) is 63.5 Å². The van der Waals surface area contributed by atoms with Crippen molar-refractivity contribution in [2.24, 2.45) is 0 Å². The molecule has 1 heterocycles. The van der Waals surface area contributed by atoms with Gasteiger partial charge in [-0.25, -0.2) is 0 Å². The quantitative estimate of drug-likeness (QED) is 0.670. The highest BCUT2D eigenvalue weighted by Gasteiger charge is 2.21. The monoisotopic (exact) mass is 360 g/mol. The molecule has 0 aromatic heterocycles. The lowest BCUT2D eigenvalue weighted by atomic mass is 10.00. The van der Waals surface area contributed by atoms with E-state index in [1.165, 1.54) is 32.2 Å². The Morgan fingerprint density at radius 1 is 1.31 bits per heavy atom. The van der Waals surface area contributed by atoms with Gasteiger partial charge in [0.2, 0.25) is 0 Å². The second kappa shape index (κ2) is 10.6. The Bertz CT molecular complexity index is 573. The van der Waals surface area contributed by atoms with Crippen LogP contribution in [-0.2, 0) is 4.79 Å². The van der Waals surface area contributed by atoms with E-state index in [9.17, 15) is 4.79 Å². The smallest absolute Gasteiger partial charge is 0.261 e. The molecule has 26 heavy (non-hydrogen) atoms. The molecule has 1 N–H and O–H groups in total. The highest BCUT2D eigenvalue weighted by Crippen LogP contribution is 2.21. The maximum absolute atomic E-state index is 12.5. The summed E-state index contributed by atoms with van der Waals surface area (Å²) in [6.07, 6.45) is 6.47. The average Bonchev–Trinajstić information content (AvgIpc) is 2.65. The van der Waals surface area contributed by atoms with Crippen LogP contribution in [0, 0.1) is 13.8 Å². The zero-order chi connectivity index (χ0) is 18.9. The Labute approximate surface area is 159 Å². The molecule has 1 fully saturated rings. The van der Waals surface area contributed by atoms with E-state index in [2.05, 4.69) is 23.2 Å². The lowest BCUT2D eigenvalue weighted by Gasteiger charge is -2.35. The minimum Gasteiger partial charge on any atom is -0.480 e. The molecule has 1 aliphatic heterocycles. The van der Waals surface area contributed by atoms with Gasteiger partial charge in [0.15, 0.2) is 6.10 Å². The topological polar surface area (TPSA) is 41.6 Å². The summed E-state index contributed by atoms with van der Waals surface area (Å²) in [5, 5.41) is 3.07. The first-order chi connectivity index (χ1) is 12.5. The number of rotatable bonds is 9. The summed E-state index contributed by atoms with van der Waals surface area (Å²) in [6, 6.07) is 6.84. The third kappa shape index (κ3) is 6.01. The molecule has 146 valence electrons. The van der Waals surface area contributed by atoms with Crippen LogP contribution in [0.25, 0.3) is 0 Å². The zero-order valence-corrected chi connectivity index (χ0v) is 17.0. The molecule has 1 aromatic rings. The molecular weight excluding hydrogens is 324 g/mol. The molecule has 2 rings (SSSR count). The molecule has 4 heteroatoms. The van der Waals surface area contributed by atoms with Gasteiger partial charge in [-0.2, -0.15) is 0 Å². The van der Waals surface area contributed by atoms with E-state index in [0.29, 0.717) is 6.42 Å². The fourth-order valence-electron chi connectivity index (χ4n) is 3.73. The number of piperidine rings is 1. The first kappa shape index (κ1) is 20.8. The van der Waals surface area contributed by atoms with E-state index in [1.807, 2.05) is 32.9 Å². The van der Waals surface area contributed by atoms with Crippen LogP contribution in [-0.4, -0.2) is 42.6 Å². The van der Waals surface area contributed by atoms with Crippen molar-refractivity contribution in [3.05, 3.63) is 29.3 Å². The minimum atomic E-state index is -0.422. The number of aryl methyl sites for hydroxylation is 2. The van der Waals surface area contributed by atoms with Gasteiger partial charge in [-0.3, -0.25) is 4.79 Å². The van der Waals surface area contributed by atoms with E-state index in [1.54, 1.807) is 0 Å². The van der Waals surface area contributed by atoms with Crippen LogP contribution >= 0.6 is 0 Å². The standard InChI is InChI=1S/C22H36N2O2/c1-5-19-10-7-8-14-24(19)15-9-13-23-22(25)20(6-2)26-21-16-17(3)11-12-18(21)4/h11-12,16,19-20H,5-10,13-15H2,1-4H3,(H,23,25)/t19-,20+/m0/s1. The molecule has 0 aliphatic carbocycles. The number of likely N-dealkylation sites (tertiary alicyclic amines) is 1. The van der Waals surface area contributed by atoms with E-state index >= 15 is 0 Å². The highest BCUT2D eigenvalue weighted by atomic mass is 16.5. The Morgan fingerprint density at radius 2 is 2.12 bits per heavy atom. The minimum absolute atomic E-state index is 0.000841. The number of carbonyl (C=O) groups excluding carboxylic acids is 1. The summed E-state index contributed by atoms with van der Waals surface area (Å²) >= 11 is 0. The maximum Gasteiger partial charge on any atom is 0.261 e. The number of benzene rings is 1. The van der Waals surface area contributed by atoms with Crippen molar-refractivity contribution in [3.8, 4) is 5.75 Å². The fraction of sp³-hybridized carbons (Fsp3) is 0.682. The molecule has 1 saturated heterocycles. The number of nitrogens with zero attached hydrogens (tertiary/aromatic N) is 1. The second-order valence-corrected chi connectivity index (χ2v) is 7.52. The molecule has 1 aliphatic rings. The van der Waals surface area contributed by atoms with Gasteiger partial charge < -0.3 is 15.0 Å². The summed E-state index contributed by atoms with van der Waals surface area (Å²) in [6.45, 7) is 11.3. The number of amides is 1. The second-order valence-electron chi connectivity index (χ2n) is 7.52. The summed E-state index contributed by atoms with van der Waals surface area (Å²) in [5.74, 6) is 0.810. The molecule has 1 amide bonds. The fourth-order valence-corrected chi connectivity index (χ4v) is 3.73. The normalized spacial score (nSPS) is 19.2. The number of ether oxygens (including phenoxy) is 1. The van der Waals surface area contributed by atoms with Crippen LogP contribution in [0.5, 0.6) is 5.75 Å². The van der Waals surface area contributed by atoms with Gasteiger partial charge in [-0.15, -0.1) is 0 Å². The van der Waals surface area contributed by atoms with Crippen molar-refractivity contribution in [2.75, 3.05) is 19.6 Å². The van der Waals surface area contributed by atoms with Gasteiger partial charge in [0.05, 0.1) is 0 Å². The van der Waals surface area contributed by atoms with Crippen LogP contribution in [0.4, 0.5) is 0 Å². The molecule has 2 atom stereocenters. The summed E-state index contributed by atoms with van der Waals surface area (Å²) in [7, 11) is 0. The van der Waals surface area contributed by atoms with Crippen LogP contribution < -0.4 is 10.1 Å². The SMILES string of the molecule is CC[C@H]1CCCCN1CCCNC(=O)[C@@H](CC)Oc1cc(C)ccc1C. The molecule has 0 bridgehead atoms. The zero-order valence-electron chi connectivity index (χ0n) is 17.0. The molecule has 0 spiro atoms. The highest BCUT2D eigenvalue weighted by molar-refractivity contribution is 5.81. The molecule has 0 saturated carbocycles. The van der Waals surface area contributed by atoms with Crippen LogP contribution in [0.2, 0.25) is 0 Å². The predicted octanol–water partition coefficient (Wildman–Crippen LogP) is 4.23. The van der Waals surface area contributed by atoms with Gasteiger partial charge >= 0.3 is 0 Å². The summed E-state index contributed by atoms with van der Waals surface area (Å²) < 4.78 is 6.00. The molecule has 1 aromatic carbocycles. The lowest BCUT2D eigenvalue weighted by molar-refractivity contribution is -0.128. The van der Waals surface area contributed by atoms with E-state index in [0.717, 1.165) is 42.4 Å². The summed E-state index contributed by atoms with van der Waals surface area (Å²) in [5.41, 5.74) is 2.21. The Morgan fingerprint density at radius 3 is 2.85 bits per heavy atom. The first-order valence-corrected chi connectivity index (χ1v) is 10.3. The van der Waals surface area contributed by atoms with Gasteiger partial charge in [-0.1, -0.05) is 32.4 Å². The maximum atomic E-state index is 12.5. The Hall–Kier alpha value is -1.55. The number of hydrogen-bond acceptors (Lipinski definition) is 3. The Balaban J connectivity index is 1.77. The van der Waals surface area contributed by atoms with Gasteiger partial charge in [-0.05, 0) is 69.7 Å². The number of nitrogens with one attached hydrogen (secondary N) is 1. The largest absolute Gasteiger partial charge is 0.480 e. The van der Waals surface area contributed by atoms with E-state index in [4.69, 9.17) is 4.74 Å². The number of hydrogen-bond donors (Lipinski definition) is 1. The lowest BCUT2D eigenvalue weighted by Crippen LogP contribution is -2.42. The van der Waals surface area contributed by atoms with Crippen molar-refractivity contribution >= 4 is 5.91 Å². The van der Waals surface area contributed by atoms with Gasteiger partial charge in [0.1, 0.15) is 5.75 Å². The predicted molar refractivity (Wildman–Crippen MR) is 108 cm³/mol. The molecule has 4 nitrogen and oxygen atoms in total. The van der Waals surface area contributed by atoms with Crippen molar-refractivity contribution in [3.63, 3.8) is 0 Å². The van der Waals surface area contributed by atoms with Crippen molar-refractivity contribution in [1.82, 2.24) is 10.2 Å². The molecule has 0 unspecified atom stereocenters. The van der Waals surface area contributed by atoms with Crippen LogP contribution in [0.15, 0.2) is 18.2 Å². The van der Waals surface area contributed by atoms with Crippen molar-refractivity contribution in [2.45, 2.75) is 78.4 Å². The van der Waals surface area contributed by atoms with Crippen molar-refractivity contribution < 1.29 is 9.53 Å². The summed E-state index contributed by atoms with van der Waals surface area (Å²) in [4.78, 5) is 15.1.